The fraction of sp³-hybridized carbons (Fsp3) is 0.611. The van der Waals surface area contributed by atoms with E-state index in [9.17, 15) is 4.39 Å². The molecule has 136 valence electrons. The quantitative estimate of drug-likeness (QED) is 0.365. The standard InChI is InChI=1S/C18H29FN4.HI/c1-4-20-17(21-11-12-23(3)5-2)22-14-18(9-10-18)15-7-6-8-16(19)13-15;/h6-8,13H,4-5,9-12,14H2,1-3H3,(H2,20,21,22);1H. The molecule has 1 aromatic carbocycles. The van der Waals surface area contributed by atoms with Crippen LogP contribution in [0.3, 0.4) is 0 Å². The molecule has 0 radical (unpaired) electrons. The lowest BCUT2D eigenvalue weighted by Gasteiger charge is -2.18. The van der Waals surface area contributed by atoms with Crippen molar-refractivity contribution in [2.24, 2.45) is 4.99 Å². The van der Waals surface area contributed by atoms with Crippen LogP contribution in [0.4, 0.5) is 4.39 Å². The maximum Gasteiger partial charge on any atom is 0.191 e. The maximum absolute atomic E-state index is 13.5. The van der Waals surface area contributed by atoms with E-state index in [4.69, 9.17) is 4.99 Å². The summed E-state index contributed by atoms with van der Waals surface area (Å²) in [5.74, 6) is 0.685. The lowest BCUT2D eigenvalue weighted by molar-refractivity contribution is 0.357. The van der Waals surface area contributed by atoms with E-state index in [0.717, 1.165) is 50.5 Å². The Bertz CT molecular complexity index is 532. The van der Waals surface area contributed by atoms with Crippen molar-refractivity contribution in [3.8, 4) is 0 Å². The minimum atomic E-state index is -0.162. The van der Waals surface area contributed by atoms with Crippen LogP contribution in [0.1, 0.15) is 32.3 Å². The van der Waals surface area contributed by atoms with Crippen LogP contribution in [0.25, 0.3) is 0 Å². The molecule has 1 aliphatic carbocycles. The summed E-state index contributed by atoms with van der Waals surface area (Å²) in [6.07, 6.45) is 2.16. The van der Waals surface area contributed by atoms with Crippen LogP contribution in [-0.2, 0) is 5.41 Å². The van der Waals surface area contributed by atoms with Crippen LogP contribution in [0, 0.1) is 5.82 Å². The van der Waals surface area contributed by atoms with E-state index in [2.05, 4.69) is 36.4 Å². The van der Waals surface area contributed by atoms with Crippen molar-refractivity contribution in [2.45, 2.75) is 32.1 Å². The lowest BCUT2D eigenvalue weighted by atomic mass is 9.96. The molecule has 0 heterocycles. The van der Waals surface area contributed by atoms with Gasteiger partial charge < -0.3 is 15.5 Å². The third-order valence-electron chi connectivity index (χ3n) is 4.50. The number of rotatable bonds is 8. The molecular weight excluding hydrogens is 418 g/mol. The van der Waals surface area contributed by atoms with Gasteiger partial charge >= 0.3 is 0 Å². The van der Waals surface area contributed by atoms with Gasteiger partial charge in [0.15, 0.2) is 5.96 Å². The number of nitrogens with zero attached hydrogens (tertiary/aromatic N) is 2. The van der Waals surface area contributed by atoms with Crippen molar-refractivity contribution < 1.29 is 4.39 Å². The zero-order chi connectivity index (χ0) is 16.7. The van der Waals surface area contributed by atoms with Crippen LogP contribution in [0.5, 0.6) is 0 Å². The molecule has 0 saturated heterocycles. The molecule has 0 atom stereocenters. The zero-order valence-electron chi connectivity index (χ0n) is 14.9. The highest BCUT2D eigenvalue weighted by atomic mass is 127. The Morgan fingerprint density at radius 2 is 2.04 bits per heavy atom. The topological polar surface area (TPSA) is 39.7 Å². The average molecular weight is 448 g/mol. The summed E-state index contributed by atoms with van der Waals surface area (Å²) in [5.41, 5.74) is 1.10. The third-order valence-corrected chi connectivity index (χ3v) is 4.50. The number of benzene rings is 1. The molecule has 1 fully saturated rings. The molecule has 2 N–H and O–H groups in total. The van der Waals surface area contributed by atoms with Crippen molar-refractivity contribution >= 4 is 29.9 Å². The van der Waals surface area contributed by atoms with Crippen molar-refractivity contribution in [1.29, 1.82) is 0 Å². The molecule has 1 aromatic rings. The Kier molecular flexibility index (Phi) is 8.97. The highest BCUT2D eigenvalue weighted by Gasteiger charge is 2.44. The van der Waals surface area contributed by atoms with Crippen molar-refractivity contribution in [2.75, 3.05) is 39.8 Å². The molecule has 24 heavy (non-hydrogen) atoms. The predicted octanol–water partition coefficient (Wildman–Crippen LogP) is 2.98. The van der Waals surface area contributed by atoms with E-state index in [-0.39, 0.29) is 35.2 Å². The van der Waals surface area contributed by atoms with Gasteiger partial charge in [-0.05, 0) is 51.1 Å². The van der Waals surface area contributed by atoms with Crippen LogP contribution in [-0.4, -0.2) is 50.6 Å². The first-order chi connectivity index (χ1) is 11.1. The molecule has 6 heteroatoms. The maximum atomic E-state index is 13.5. The summed E-state index contributed by atoms with van der Waals surface area (Å²) in [6.45, 7) is 8.64. The minimum absolute atomic E-state index is 0. The summed E-state index contributed by atoms with van der Waals surface area (Å²) in [4.78, 5) is 6.99. The first kappa shape index (κ1) is 21.2. The number of halogens is 2. The first-order valence-corrected chi connectivity index (χ1v) is 8.56. The van der Waals surface area contributed by atoms with Crippen LogP contribution in [0.2, 0.25) is 0 Å². The van der Waals surface area contributed by atoms with Gasteiger partial charge in [-0.25, -0.2) is 4.39 Å². The molecule has 0 unspecified atom stereocenters. The van der Waals surface area contributed by atoms with Gasteiger partial charge in [0, 0.05) is 25.0 Å². The largest absolute Gasteiger partial charge is 0.357 e. The monoisotopic (exact) mass is 448 g/mol. The van der Waals surface area contributed by atoms with E-state index < -0.39 is 0 Å². The molecule has 1 aliphatic rings. The smallest absolute Gasteiger partial charge is 0.191 e. The van der Waals surface area contributed by atoms with E-state index in [1.807, 2.05) is 6.07 Å². The number of hydrogen-bond donors (Lipinski definition) is 2. The van der Waals surface area contributed by atoms with E-state index in [0.29, 0.717) is 6.54 Å². The molecule has 1 saturated carbocycles. The summed E-state index contributed by atoms with van der Waals surface area (Å²) >= 11 is 0. The highest BCUT2D eigenvalue weighted by molar-refractivity contribution is 14.0. The zero-order valence-corrected chi connectivity index (χ0v) is 17.3. The Morgan fingerprint density at radius 3 is 2.62 bits per heavy atom. The molecule has 0 amide bonds. The summed E-state index contributed by atoms with van der Waals surface area (Å²) in [7, 11) is 2.11. The molecular formula is C18H30FIN4. The van der Waals surface area contributed by atoms with Crippen LogP contribution >= 0.6 is 24.0 Å². The van der Waals surface area contributed by atoms with Gasteiger partial charge in [-0.1, -0.05) is 19.1 Å². The Morgan fingerprint density at radius 1 is 1.29 bits per heavy atom. The number of guanidine groups is 1. The van der Waals surface area contributed by atoms with Crippen LogP contribution in [0.15, 0.2) is 29.3 Å². The van der Waals surface area contributed by atoms with Gasteiger partial charge in [-0.2, -0.15) is 0 Å². The predicted molar refractivity (Wildman–Crippen MR) is 110 cm³/mol. The van der Waals surface area contributed by atoms with Crippen molar-refractivity contribution in [3.63, 3.8) is 0 Å². The van der Waals surface area contributed by atoms with Gasteiger partial charge in [0.1, 0.15) is 5.82 Å². The summed E-state index contributed by atoms with van der Waals surface area (Å²) in [5, 5.41) is 6.66. The fourth-order valence-corrected chi connectivity index (χ4v) is 2.60. The summed E-state index contributed by atoms with van der Waals surface area (Å²) in [6, 6.07) is 6.96. The Labute approximate surface area is 162 Å². The SMILES string of the molecule is CCNC(=NCC1(c2cccc(F)c2)CC1)NCCN(C)CC.I. The number of likely N-dealkylation sites (N-methyl/N-ethyl adjacent to an activating group) is 1. The second kappa shape index (κ2) is 10.2. The van der Waals surface area contributed by atoms with Crippen LogP contribution < -0.4 is 10.6 Å². The molecule has 2 rings (SSSR count). The molecule has 4 nitrogen and oxygen atoms in total. The second-order valence-electron chi connectivity index (χ2n) is 6.31. The molecule has 0 aromatic heterocycles. The third kappa shape index (κ3) is 6.20. The lowest BCUT2D eigenvalue weighted by Crippen LogP contribution is -2.41. The Hall–Kier alpha value is -0.890. The number of aliphatic imine (C=N–C) groups is 1. The van der Waals surface area contributed by atoms with E-state index >= 15 is 0 Å². The number of hydrogen-bond acceptors (Lipinski definition) is 2. The molecule has 0 bridgehead atoms. The normalized spacial score (nSPS) is 15.8. The fourth-order valence-electron chi connectivity index (χ4n) is 2.60. The van der Waals surface area contributed by atoms with Crippen molar-refractivity contribution in [1.82, 2.24) is 15.5 Å². The second-order valence-corrected chi connectivity index (χ2v) is 6.31. The first-order valence-electron chi connectivity index (χ1n) is 8.56. The van der Waals surface area contributed by atoms with E-state index in [1.165, 1.54) is 6.07 Å². The number of nitrogens with one attached hydrogen (secondary N) is 2. The van der Waals surface area contributed by atoms with Gasteiger partial charge in [0.05, 0.1) is 6.54 Å². The van der Waals surface area contributed by atoms with Gasteiger partial charge in [0.25, 0.3) is 0 Å². The van der Waals surface area contributed by atoms with Crippen molar-refractivity contribution in [3.05, 3.63) is 35.6 Å². The van der Waals surface area contributed by atoms with Gasteiger partial charge in [0.2, 0.25) is 0 Å². The van der Waals surface area contributed by atoms with Gasteiger partial charge in [-0.3, -0.25) is 4.99 Å². The highest BCUT2D eigenvalue weighted by Crippen LogP contribution is 2.48. The molecule has 0 spiro atoms. The molecule has 0 aliphatic heterocycles. The minimum Gasteiger partial charge on any atom is -0.357 e. The van der Waals surface area contributed by atoms with Gasteiger partial charge in [-0.15, -0.1) is 24.0 Å². The van der Waals surface area contributed by atoms with E-state index in [1.54, 1.807) is 12.1 Å². The Balaban J connectivity index is 0.00000288. The average Bonchev–Trinajstić information content (AvgIpc) is 3.33. The summed E-state index contributed by atoms with van der Waals surface area (Å²) < 4.78 is 13.5.